The number of amides is 4. The number of likely N-dealkylation sites (tertiary alicyclic amines) is 1. The molecule has 19 nitrogen and oxygen atoms in total. The monoisotopic (exact) mass is 986 g/mol. The molecule has 2 aromatic heterocycles. The van der Waals surface area contributed by atoms with Crippen molar-refractivity contribution in [1.82, 2.24) is 44.7 Å². The Balaban J connectivity index is 0.661. The quantitative estimate of drug-likeness (QED) is 0.131. The molecule has 6 heterocycles. The van der Waals surface area contributed by atoms with Crippen LogP contribution in [0.3, 0.4) is 0 Å². The highest BCUT2D eigenvalue weighted by molar-refractivity contribution is 6.01. The lowest BCUT2D eigenvalue weighted by Gasteiger charge is -2.44. The predicted octanol–water partition coefficient (Wildman–Crippen LogP) is 4.31. The van der Waals surface area contributed by atoms with Gasteiger partial charge in [0.1, 0.15) is 28.9 Å². The number of nitrogens with zero attached hydrogens (tertiary/aromatic N) is 9. The molecule has 0 radical (unpaired) electrons. The number of carbonyl (C=O) groups excluding carboxylic acids is 5. The second kappa shape index (κ2) is 22.2. The van der Waals surface area contributed by atoms with Gasteiger partial charge in [0.05, 0.1) is 24.2 Å². The van der Waals surface area contributed by atoms with E-state index in [-0.39, 0.29) is 68.0 Å². The number of ether oxygens (including phenoxy) is 1. The molecule has 3 aromatic rings. The van der Waals surface area contributed by atoms with Gasteiger partial charge >= 0.3 is 5.97 Å². The highest BCUT2D eigenvalue weighted by atomic mass is 19.1. The van der Waals surface area contributed by atoms with Crippen LogP contribution in [0.5, 0.6) is 0 Å². The second-order valence-electron chi connectivity index (χ2n) is 20.3. The van der Waals surface area contributed by atoms with Crippen LogP contribution in [-0.2, 0) is 31.0 Å². The summed E-state index contributed by atoms with van der Waals surface area (Å²) in [7, 11) is 1.83. The van der Waals surface area contributed by atoms with Crippen LogP contribution < -0.4 is 26.2 Å². The summed E-state index contributed by atoms with van der Waals surface area (Å²) < 4.78 is 38.5. The number of anilines is 5. The van der Waals surface area contributed by atoms with Gasteiger partial charge < -0.3 is 35.4 Å². The van der Waals surface area contributed by atoms with Crippen LogP contribution in [0.1, 0.15) is 94.3 Å². The summed E-state index contributed by atoms with van der Waals surface area (Å²) in [6.45, 7) is 8.37. The molecule has 384 valence electrons. The fourth-order valence-corrected chi connectivity index (χ4v) is 11.4. The van der Waals surface area contributed by atoms with E-state index >= 15 is 8.78 Å². The van der Waals surface area contributed by atoms with Crippen molar-refractivity contribution < 1.29 is 37.5 Å². The van der Waals surface area contributed by atoms with Gasteiger partial charge in [-0.2, -0.15) is 10.1 Å². The predicted molar refractivity (Wildman–Crippen MR) is 262 cm³/mol. The Kier molecular flexibility index (Phi) is 15.6. The van der Waals surface area contributed by atoms with E-state index in [2.05, 4.69) is 46.1 Å². The van der Waals surface area contributed by atoms with E-state index < -0.39 is 29.4 Å². The van der Waals surface area contributed by atoms with E-state index in [4.69, 9.17) is 4.74 Å². The van der Waals surface area contributed by atoms with E-state index in [1.807, 2.05) is 27.9 Å². The number of imide groups is 1. The molecule has 1 aromatic carbocycles. The zero-order chi connectivity index (χ0) is 49.6. The minimum Gasteiger partial charge on any atom is -0.462 e. The first-order valence-corrected chi connectivity index (χ1v) is 25.7. The van der Waals surface area contributed by atoms with E-state index in [0.29, 0.717) is 119 Å². The van der Waals surface area contributed by atoms with Gasteiger partial charge in [-0.3, -0.25) is 39.0 Å². The minimum absolute atomic E-state index is 0.0772. The summed E-state index contributed by atoms with van der Waals surface area (Å²) in [5.74, 6) is -0.732. The van der Waals surface area contributed by atoms with Crippen LogP contribution in [0, 0.1) is 17.7 Å². The number of nitrogens with one attached hydrogen (secondary N) is 4. The van der Waals surface area contributed by atoms with Gasteiger partial charge in [-0.25, -0.2) is 18.6 Å². The molecular weight excluding hydrogens is 917 g/mol. The average Bonchev–Trinajstić information content (AvgIpc) is 3.79. The molecule has 4 aliphatic heterocycles. The maximum atomic E-state index is 16.3. The molecule has 6 aliphatic rings. The fraction of sp³-hybridized carbons (Fsp3) is 0.640. The number of rotatable bonds is 14. The SMILES string of the molecule is CCOC(=O)c1cnc(Nc2cnn(C)c2)nc1NC1CCC(N2CCN(C(=O)C3CCC(C(=O)N4CCC(F)(CN5CCN(c6ccc(NC7CCC(=O)NC7=O)cc6F)CC5)CC4)CC3)CC2)CC1. The Morgan fingerprint density at radius 1 is 0.817 bits per heavy atom. The number of hydrogen-bond donors (Lipinski definition) is 4. The van der Waals surface area contributed by atoms with Crippen LogP contribution in [-0.4, -0.2) is 171 Å². The van der Waals surface area contributed by atoms with Gasteiger partial charge in [-0.15, -0.1) is 0 Å². The molecule has 4 N–H and O–H groups in total. The highest BCUT2D eigenvalue weighted by Crippen LogP contribution is 2.36. The number of halogens is 2. The molecule has 9 rings (SSSR count). The van der Waals surface area contributed by atoms with E-state index in [1.54, 1.807) is 29.9 Å². The number of aryl methyl sites for hydroxylation is 1. The summed E-state index contributed by atoms with van der Waals surface area (Å²) in [5.41, 5.74) is 0.552. The highest BCUT2D eigenvalue weighted by Gasteiger charge is 2.41. The molecule has 4 saturated heterocycles. The van der Waals surface area contributed by atoms with Crippen molar-refractivity contribution >= 4 is 58.4 Å². The van der Waals surface area contributed by atoms with Crippen molar-refractivity contribution in [2.24, 2.45) is 18.9 Å². The van der Waals surface area contributed by atoms with Crippen LogP contribution >= 0.6 is 0 Å². The van der Waals surface area contributed by atoms with Crippen molar-refractivity contribution in [1.29, 1.82) is 0 Å². The maximum absolute atomic E-state index is 16.3. The topological polar surface area (TPSA) is 202 Å². The number of alkyl halides is 1. The molecule has 21 heteroatoms. The maximum Gasteiger partial charge on any atom is 0.343 e. The lowest BCUT2D eigenvalue weighted by molar-refractivity contribution is -0.144. The first-order valence-electron chi connectivity index (χ1n) is 25.7. The molecule has 1 atom stereocenters. The number of carbonyl (C=O) groups is 5. The van der Waals surface area contributed by atoms with Crippen molar-refractivity contribution in [3.63, 3.8) is 0 Å². The van der Waals surface area contributed by atoms with Crippen LogP contribution in [0.4, 0.5) is 37.6 Å². The van der Waals surface area contributed by atoms with Crippen molar-refractivity contribution in [3.05, 3.63) is 48.2 Å². The Morgan fingerprint density at radius 3 is 2.11 bits per heavy atom. The van der Waals surface area contributed by atoms with Crippen LogP contribution in [0.15, 0.2) is 36.8 Å². The Bertz CT molecular complexity index is 2380. The van der Waals surface area contributed by atoms with Crippen molar-refractivity contribution in [2.45, 2.75) is 108 Å². The van der Waals surface area contributed by atoms with E-state index in [9.17, 15) is 24.0 Å². The summed E-state index contributed by atoms with van der Waals surface area (Å²) >= 11 is 0. The minimum atomic E-state index is -1.40. The molecule has 2 aliphatic carbocycles. The third kappa shape index (κ3) is 12.2. The third-order valence-corrected chi connectivity index (χ3v) is 15.6. The molecule has 4 amide bonds. The van der Waals surface area contributed by atoms with Crippen molar-refractivity contribution in [3.8, 4) is 0 Å². The van der Waals surface area contributed by atoms with Gasteiger partial charge in [-0.05, 0) is 82.9 Å². The number of benzene rings is 1. The van der Waals surface area contributed by atoms with Gasteiger partial charge in [0, 0.05) is 140 Å². The van der Waals surface area contributed by atoms with E-state index in [1.165, 1.54) is 12.3 Å². The summed E-state index contributed by atoms with van der Waals surface area (Å²) in [4.78, 5) is 83.3. The first kappa shape index (κ1) is 50.0. The number of aromatic nitrogens is 4. The first-order chi connectivity index (χ1) is 34.3. The summed E-state index contributed by atoms with van der Waals surface area (Å²) in [6.07, 6.45) is 12.7. The van der Waals surface area contributed by atoms with Crippen LogP contribution in [0.2, 0.25) is 0 Å². The molecule has 0 bridgehead atoms. The lowest BCUT2D eigenvalue weighted by Crippen LogP contribution is -2.55. The number of piperazine rings is 2. The lowest BCUT2D eigenvalue weighted by atomic mass is 9.80. The molecule has 2 saturated carbocycles. The Hall–Kier alpha value is -5.96. The zero-order valence-corrected chi connectivity index (χ0v) is 41.1. The van der Waals surface area contributed by atoms with Gasteiger partial charge in [0.25, 0.3) is 0 Å². The largest absolute Gasteiger partial charge is 0.462 e. The number of piperidine rings is 2. The normalized spacial score (nSPS) is 25.6. The van der Waals surface area contributed by atoms with Gasteiger partial charge in [0.2, 0.25) is 29.6 Å². The summed E-state index contributed by atoms with van der Waals surface area (Å²) in [5, 5.41) is 16.2. The Morgan fingerprint density at radius 2 is 1.49 bits per heavy atom. The second-order valence-corrected chi connectivity index (χ2v) is 20.3. The molecule has 1 unspecified atom stereocenters. The fourth-order valence-electron chi connectivity index (χ4n) is 11.4. The average molecular weight is 986 g/mol. The molecule has 0 spiro atoms. The van der Waals surface area contributed by atoms with Gasteiger partial charge in [-0.1, -0.05) is 0 Å². The van der Waals surface area contributed by atoms with E-state index in [0.717, 1.165) is 44.5 Å². The molecule has 71 heavy (non-hydrogen) atoms. The smallest absolute Gasteiger partial charge is 0.343 e. The standard InChI is InChI=1S/C50H69F2N13O6/c1-3-71-48(70)39-30-53-49(57-37-29-54-60(2)31-37)59-44(39)56-35-8-11-38(12-9-35)62-24-26-65(27-25-62)47(69)34-6-4-33(5-7-34)46(68)64-18-16-50(52,17-19-64)32-61-20-22-63(23-21-61)42-14-10-36(28-40(42)51)55-41-13-15-43(66)58-45(41)67/h10,14,28-31,33-35,38,41,55H,3-9,11-13,15-27,32H2,1-2H3,(H,58,66,67)(H2,53,56,57,59). The molecule has 6 fully saturated rings. The summed E-state index contributed by atoms with van der Waals surface area (Å²) in [6, 6.07) is 4.74. The number of esters is 1. The Labute approximate surface area is 413 Å². The van der Waals surface area contributed by atoms with Crippen LogP contribution in [0.25, 0.3) is 0 Å². The number of hydrogen-bond acceptors (Lipinski definition) is 15. The molecular formula is C50H69F2N13O6. The zero-order valence-electron chi connectivity index (χ0n) is 41.1. The third-order valence-electron chi connectivity index (χ3n) is 15.6. The van der Waals surface area contributed by atoms with Crippen molar-refractivity contribution in [2.75, 3.05) is 99.4 Å². The van der Waals surface area contributed by atoms with Gasteiger partial charge in [0.15, 0.2) is 0 Å².